The molecule has 0 aliphatic carbocycles. The second-order valence-electron chi connectivity index (χ2n) is 8.12. The predicted molar refractivity (Wildman–Crippen MR) is 100 cm³/mol. The van der Waals surface area contributed by atoms with Gasteiger partial charge in [-0.3, -0.25) is 4.79 Å². The minimum atomic E-state index is -4.81. The van der Waals surface area contributed by atoms with Gasteiger partial charge in [-0.2, -0.15) is 0 Å². The minimum Gasteiger partial charge on any atom is -0.444 e. The molecule has 0 saturated carbocycles. The molecule has 29 heavy (non-hydrogen) atoms. The van der Waals surface area contributed by atoms with E-state index in [0.717, 1.165) is 0 Å². The van der Waals surface area contributed by atoms with Gasteiger partial charge in [0.1, 0.15) is 11.4 Å². The van der Waals surface area contributed by atoms with Crippen LogP contribution in [0.3, 0.4) is 0 Å². The molecule has 0 spiro atoms. The van der Waals surface area contributed by atoms with Gasteiger partial charge in [0.15, 0.2) is 0 Å². The normalized spacial score (nSPS) is 17.6. The number of carbonyl (C=O) groups excluding carboxylic acids is 2. The summed E-state index contributed by atoms with van der Waals surface area (Å²) in [5.41, 5.74) is -0.381. The molecule has 1 aliphatic heterocycles. The molecule has 1 aromatic carbocycles. The van der Waals surface area contributed by atoms with Crippen LogP contribution in [-0.4, -0.2) is 53.9 Å². The van der Waals surface area contributed by atoms with Crippen molar-refractivity contribution >= 4 is 12.0 Å². The van der Waals surface area contributed by atoms with E-state index >= 15 is 0 Å². The Morgan fingerprint density at radius 3 is 2.48 bits per heavy atom. The second kappa shape index (κ2) is 8.92. The summed E-state index contributed by atoms with van der Waals surface area (Å²) < 4.78 is 47.2. The molecule has 2 rings (SSSR count). The van der Waals surface area contributed by atoms with Crippen LogP contribution in [0.1, 0.15) is 39.2 Å². The number of carbonyl (C=O) groups is 2. The second-order valence-corrected chi connectivity index (χ2v) is 8.12. The Balaban J connectivity index is 2.02. The van der Waals surface area contributed by atoms with Gasteiger partial charge in [-0.25, -0.2) is 4.79 Å². The number of hydrogen-bond acceptors (Lipinski definition) is 4. The van der Waals surface area contributed by atoms with E-state index in [1.807, 2.05) is 0 Å². The highest BCUT2D eigenvalue weighted by Crippen LogP contribution is 2.28. The molecule has 0 radical (unpaired) electrons. The molecule has 1 aliphatic rings. The monoisotopic (exact) mass is 416 g/mol. The lowest BCUT2D eigenvalue weighted by molar-refractivity contribution is -0.275. The number of rotatable bonds is 4. The third-order valence-electron chi connectivity index (χ3n) is 4.40. The summed E-state index contributed by atoms with van der Waals surface area (Å²) in [7, 11) is 1.53. The van der Waals surface area contributed by atoms with Gasteiger partial charge in [-0.05, 0) is 39.7 Å². The van der Waals surface area contributed by atoms with E-state index in [2.05, 4.69) is 4.74 Å². The fourth-order valence-corrected chi connectivity index (χ4v) is 3.17. The molecule has 0 bridgehead atoms. The van der Waals surface area contributed by atoms with Crippen LogP contribution in [0.2, 0.25) is 0 Å². The van der Waals surface area contributed by atoms with Crippen molar-refractivity contribution in [3.63, 3.8) is 0 Å². The van der Waals surface area contributed by atoms with Crippen LogP contribution in [0.4, 0.5) is 18.0 Å². The van der Waals surface area contributed by atoms with Crippen LogP contribution in [0.5, 0.6) is 5.75 Å². The molecule has 0 N–H and O–H groups in total. The molecule has 162 valence electrons. The van der Waals surface area contributed by atoms with Crippen molar-refractivity contribution in [3.8, 4) is 5.75 Å². The first kappa shape index (κ1) is 22.8. The van der Waals surface area contributed by atoms with Crippen molar-refractivity contribution in [2.45, 2.75) is 52.1 Å². The van der Waals surface area contributed by atoms with Gasteiger partial charge in [0, 0.05) is 32.2 Å². The topological polar surface area (TPSA) is 59.1 Å². The number of nitrogens with zero attached hydrogens (tertiary/aromatic N) is 2. The number of benzene rings is 1. The van der Waals surface area contributed by atoms with Crippen molar-refractivity contribution in [3.05, 3.63) is 29.8 Å². The number of piperidine rings is 1. The van der Waals surface area contributed by atoms with E-state index in [1.165, 1.54) is 35.0 Å². The number of hydrogen-bond donors (Lipinski definition) is 0. The fraction of sp³-hybridized carbons (Fsp3) is 0.600. The Kier molecular flexibility index (Phi) is 7.02. The number of likely N-dealkylation sites (tertiary alicyclic amines) is 1. The lowest BCUT2D eigenvalue weighted by Gasteiger charge is -2.35. The highest BCUT2D eigenvalue weighted by atomic mass is 19.4. The van der Waals surface area contributed by atoms with Crippen LogP contribution in [0.15, 0.2) is 24.3 Å². The summed E-state index contributed by atoms with van der Waals surface area (Å²) in [6, 6.07) is 5.72. The quantitative estimate of drug-likeness (QED) is 0.739. The SMILES string of the molecule is CN(Cc1ccccc1OC(F)(F)F)C(=O)C1CCCN(C(=O)OC(C)(C)C)C1. The van der Waals surface area contributed by atoms with Gasteiger partial charge < -0.3 is 19.3 Å². The zero-order valence-corrected chi connectivity index (χ0v) is 17.1. The molecule has 1 unspecified atom stereocenters. The van der Waals surface area contributed by atoms with E-state index in [-0.39, 0.29) is 30.3 Å². The Morgan fingerprint density at radius 1 is 1.21 bits per heavy atom. The highest BCUT2D eigenvalue weighted by Gasteiger charge is 2.34. The maximum atomic E-state index is 12.8. The summed E-state index contributed by atoms with van der Waals surface area (Å²) >= 11 is 0. The highest BCUT2D eigenvalue weighted by molar-refractivity contribution is 5.80. The Labute approximate surface area is 168 Å². The van der Waals surface area contributed by atoms with Gasteiger partial charge in [0.25, 0.3) is 0 Å². The third-order valence-corrected chi connectivity index (χ3v) is 4.40. The number of ether oxygens (including phenoxy) is 2. The average molecular weight is 416 g/mol. The Hall–Kier alpha value is -2.45. The summed E-state index contributed by atoms with van der Waals surface area (Å²) in [5.74, 6) is -1.00. The lowest BCUT2D eigenvalue weighted by Crippen LogP contribution is -2.47. The molecule has 9 heteroatoms. The van der Waals surface area contributed by atoms with Crippen molar-refractivity contribution in [1.82, 2.24) is 9.80 Å². The molecule has 0 aromatic heterocycles. The van der Waals surface area contributed by atoms with Crippen LogP contribution >= 0.6 is 0 Å². The zero-order valence-electron chi connectivity index (χ0n) is 17.1. The average Bonchev–Trinajstić information content (AvgIpc) is 2.60. The maximum Gasteiger partial charge on any atom is 0.573 e. The van der Waals surface area contributed by atoms with Gasteiger partial charge >= 0.3 is 12.5 Å². The maximum absolute atomic E-state index is 12.8. The molecule has 1 atom stereocenters. The molecule has 6 nitrogen and oxygen atoms in total. The molecule has 1 fully saturated rings. The fourth-order valence-electron chi connectivity index (χ4n) is 3.17. The summed E-state index contributed by atoms with van der Waals surface area (Å²) in [5, 5.41) is 0. The van der Waals surface area contributed by atoms with Gasteiger partial charge in [0.2, 0.25) is 5.91 Å². The largest absolute Gasteiger partial charge is 0.573 e. The van der Waals surface area contributed by atoms with Crippen LogP contribution in [-0.2, 0) is 16.1 Å². The van der Waals surface area contributed by atoms with Gasteiger partial charge in [0.05, 0.1) is 5.92 Å². The minimum absolute atomic E-state index is 0.0337. The zero-order chi connectivity index (χ0) is 21.8. The van der Waals surface area contributed by atoms with E-state index in [4.69, 9.17) is 4.74 Å². The molecule has 1 saturated heterocycles. The first-order chi connectivity index (χ1) is 13.4. The smallest absolute Gasteiger partial charge is 0.444 e. The van der Waals surface area contributed by atoms with E-state index < -0.39 is 24.0 Å². The number of halogens is 3. The van der Waals surface area contributed by atoms with Crippen LogP contribution in [0, 0.1) is 5.92 Å². The summed E-state index contributed by atoms with van der Waals surface area (Å²) in [6.07, 6.45) is -4.03. The molecule has 1 heterocycles. The first-order valence-corrected chi connectivity index (χ1v) is 9.42. The Morgan fingerprint density at radius 2 is 1.86 bits per heavy atom. The molecule has 2 amide bonds. The van der Waals surface area contributed by atoms with E-state index in [0.29, 0.717) is 19.4 Å². The molecule has 1 aromatic rings. The molecular weight excluding hydrogens is 389 g/mol. The van der Waals surface area contributed by atoms with Crippen molar-refractivity contribution in [2.24, 2.45) is 5.92 Å². The van der Waals surface area contributed by atoms with Crippen molar-refractivity contribution in [1.29, 1.82) is 0 Å². The number of amides is 2. The first-order valence-electron chi connectivity index (χ1n) is 9.42. The third kappa shape index (κ3) is 7.14. The van der Waals surface area contributed by atoms with Crippen molar-refractivity contribution < 1.29 is 32.2 Å². The summed E-state index contributed by atoms with van der Waals surface area (Å²) in [4.78, 5) is 28.0. The van der Waals surface area contributed by atoms with Gasteiger partial charge in [-0.1, -0.05) is 18.2 Å². The number of para-hydroxylation sites is 1. The predicted octanol–water partition coefficient (Wildman–Crippen LogP) is 4.19. The molecular formula is C20H27F3N2O4. The van der Waals surface area contributed by atoms with Crippen LogP contribution in [0.25, 0.3) is 0 Å². The lowest BCUT2D eigenvalue weighted by atomic mass is 9.96. The van der Waals surface area contributed by atoms with E-state index in [9.17, 15) is 22.8 Å². The summed E-state index contributed by atoms with van der Waals surface area (Å²) in [6.45, 7) is 6.00. The van der Waals surface area contributed by atoms with Gasteiger partial charge in [-0.15, -0.1) is 13.2 Å². The van der Waals surface area contributed by atoms with Crippen molar-refractivity contribution in [2.75, 3.05) is 20.1 Å². The number of alkyl halides is 3. The van der Waals surface area contributed by atoms with E-state index in [1.54, 1.807) is 26.8 Å². The Bertz CT molecular complexity index is 731. The standard InChI is InChI=1S/C20H27F3N2O4/c1-19(2,3)29-18(27)25-11-7-9-15(13-25)17(26)24(4)12-14-8-5-6-10-16(14)28-20(21,22)23/h5-6,8,10,15H,7,9,11-13H2,1-4H3. The van der Waals surface area contributed by atoms with Crippen LogP contribution < -0.4 is 4.74 Å².